The summed E-state index contributed by atoms with van der Waals surface area (Å²) in [4.78, 5) is 12.2. The molecule has 4 rings (SSSR count). The Morgan fingerprint density at radius 3 is 2.88 bits per heavy atom. The molecule has 2 heterocycles. The number of carboxylic acids is 1. The van der Waals surface area contributed by atoms with Gasteiger partial charge in [0.2, 0.25) is 0 Å². The lowest BCUT2D eigenvalue weighted by atomic mass is 9.89. The number of carbonyl (C=O) groups is 1. The van der Waals surface area contributed by atoms with E-state index in [-0.39, 0.29) is 0 Å². The molecule has 17 heavy (non-hydrogen) atoms. The van der Waals surface area contributed by atoms with Crippen molar-refractivity contribution in [1.82, 2.24) is 0 Å². The second-order valence-corrected chi connectivity index (χ2v) is 5.76. The van der Waals surface area contributed by atoms with Crippen molar-refractivity contribution in [1.29, 1.82) is 0 Å². The van der Waals surface area contributed by atoms with Crippen molar-refractivity contribution in [2.45, 2.75) is 11.7 Å². The van der Waals surface area contributed by atoms with Gasteiger partial charge in [-0.3, -0.25) is 0 Å². The molecule has 1 aromatic rings. The average molecular weight is 265 g/mol. The molecule has 1 aliphatic carbocycles. The van der Waals surface area contributed by atoms with Gasteiger partial charge in [-0.2, -0.15) is 0 Å². The molecular weight excluding hydrogens is 256 g/mol. The summed E-state index contributed by atoms with van der Waals surface area (Å²) in [6, 6.07) is 7.36. The summed E-state index contributed by atoms with van der Waals surface area (Å²) < 4.78 is 0. The Morgan fingerprint density at radius 1 is 1.47 bits per heavy atom. The van der Waals surface area contributed by atoms with E-state index in [9.17, 15) is 9.90 Å². The van der Waals surface area contributed by atoms with Crippen LogP contribution in [0.3, 0.4) is 0 Å². The highest BCUT2D eigenvalue weighted by atomic mass is 35.5. The fourth-order valence-corrected chi connectivity index (χ4v) is 3.69. The minimum Gasteiger partial charge on any atom is -0.478 e. The van der Waals surface area contributed by atoms with E-state index in [1.807, 2.05) is 24.3 Å². The van der Waals surface area contributed by atoms with Gasteiger partial charge in [0, 0.05) is 15.2 Å². The van der Waals surface area contributed by atoms with E-state index in [1.54, 1.807) is 17.8 Å². The average Bonchev–Trinajstić information content (AvgIpc) is 2.27. The van der Waals surface area contributed by atoms with Gasteiger partial charge in [0.05, 0.1) is 5.57 Å². The summed E-state index contributed by atoms with van der Waals surface area (Å²) in [5, 5.41) is 10.4. The highest BCUT2D eigenvalue weighted by Crippen LogP contribution is 2.50. The maximum absolute atomic E-state index is 11.3. The van der Waals surface area contributed by atoms with Crippen LogP contribution < -0.4 is 0 Å². The quantitative estimate of drug-likeness (QED) is 0.887. The molecule has 86 valence electrons. The first-order valence-electron chi connectivity index (χ1n) is 5.26. The van der Waals surface area contributed by atoms with Crippen molar-refractivity contribution >= 4 is 34.2 Å². The molecule has 2 aliphatic heterocycles. The van der Waals surface area contributed by atoms with E-state index < -0.39 is 5.97 Å². The van der Waals surface area contributed by atoms with Crippen molar-refractivity contribution in [3.05, 3.63) is 52.1 Å². The first kappa shape index (κ1) is 10.9. The Kier molecular flexibility index (Phi) is 2.53. The molecule has 1 aromatic carbocycles. The molecule has 1 N–H and O–H groups in total. The molecule has 1 unspecified atom stereocenters. The topological polar surface area (TPSA) is 37.3 Å². The van der Waals surface area contributed by atoms with Gasteiger partial charge in [0.1, 0.15) is 0 Å². The largest absolute Gasteiger partial charge is 0.478 e. The molecule has 2 bridgehead atoms. The van der Waals surface area contributed by atoms with Crippen LogP contribution in [0.2, 0.25) is 5.02 Å². The molecule has 0 spiro atoms. The van der Waals surface area contributed by atoms with Gasteiger partial charge in [-0.1, -0.05) is 29.8 Å². The molecule has 0 aromatic heterocycles. The maximum atomic E-state index is 11.3. The second kappa shape index (κ2) is 3.93. The second-order valence-electron chi connectivity index (χ2n) is 4.07. The van der Waals surface area contributed by atoms with Crippen LogP contribution in [-0.2, 0) is 4.79 Å². The van der Waals surface area contributed by atoms with E-state index in [0.29, 0.717) is 15.8 Å². The Hall–Kier alpha value is -1.19. The van der Waals surface area contributed by atoms with Gasteiger partial charge in [-0.25, -0.2) is 4.79 Å². The number of hydrogen-bond acceptors (Lipinski definition) is 2. The molecular formula is C13H9ClO2S. The van der Waals surface area contributed by atoms with Gasteiger partial charge in [0.15, 0.2) is 0 Å². The Morgan fingerprint density at radius 2 is 2.24 bits per heavy atom. The summed E-state index contributed by atoms with van der Waals surface area (Å²) in [5.41, 5.74) is 2.30. The van der Waals surface area contributed by atoms with Crippen molar-refractivity contribution in [3.63, 3.8) is 0 Å². The van der Waals surface area contributed by atoms with Gasteiger partial charge in [0.25, 0.3) is 0 Å². The standard InChI is InChI=1S/C13H9ClO2S/c14-9-3-1-2-7(4-9)12-11(13(15)16)8-5-10(6-8)17-12/h1-5,10H,6H2,(H,15,16). The molecule has 0 amide bonds. The summed E-state index contributed by atoms with van der Waals surface area (Å²) in [6.45, 7) is 0. The van der Waals surface area contributed by atoms with Crippen LogP contribution in [0.4, 0.5) is 0 Å². The summed E-state index contributed by atoms with van der Waals surface area (Å²) in [5.74, 6) is -0.850. The summed E-state index contributed by atoms with van der Waals surface area (Å²) in [6.07, 6.45) is 2.90. The number of benzene rings is 1. The monoisotopic (exact) mass is 264 g/mol. The van der Waals surface area contributed by atoms with E-state index in [0.717, 1.165) is 22.5 Å². The lowest BCUT2D eigenvalue weighted by molar-refractivity contribution is -0.132. The normalized spacial score (nSPS) is 21.9. The number of fused-ring (bicyclic) bond motifs is 1. The highest BCUT2D eigenvalue weighted by molar-refractivity contribution is 8.09. The molecule has 2 nitrogen and oxygen atoms in total. The lowest BCUT2D eigenvalue weighted by Crippen LogP contribution is -2.23. The highest BCUT2D eigenvalue weighted by Gasteiger charge is 2.35. The third kappa shape index (κ3) is 1.79. The Bertz CT molecular complexity index is 575. The zero-order chi connectivity index (χ0) is 12.0. The third-order valence-electron chi connectivity index (χ3n) is 2.93. The van der Waals surface area contributed by atoms with E-state index in [1.165, 1.54) is 0 Å². The van der Waals surface area contributed by atoms with Gasteiger partial charge < -0.3 is 5.11 Å². The van der Waals surface area contributed by atoms with Crippen molar-refractivity contribution < 1.29 is 9.90 Å². The van der Waals surface area contributed by atoms with E-state index in [4.69, 9.17) is 11.6 Å². The lowest BCUT2D eigenvalue weighted by Gasteiger charge is -2.33. The fraction of sp³-hybridized carbons (Fsp3) is 0.154. The molecule has 1 atom stereocenters. The molecule has 0 radical (unpaired) electrons. The maximum Gasteiger partial charge on any atom is 0.337 e. The van der Waals surface area contributed by atoms with Crippen molar-refractivity contribution in [2.75, 3.05) is 0 Å². The van der Waals surface area contributed by atoms with Crippen LogP contribution in [0.1, 0.15) is 12.0 Å². The number of carboxylic acid groups (broad SMARTS) is 1. The fourth-order valence-electron chi connectivity index (χ4n) is 2.10. The summed E-state index contributed by atoms with van der Waals surface area (Å²) in [7, 11) is 0. The van der Waals surface area contributed by atoms with Gasteiger partial charge >= 0.3 is 5.97 Å². The Balaban J connectivity index is 2.14. The summed E-state index contributed by atoms with van der Waals surface area (Å²) >= 11 is 7.56. The number of rotatable bonds is 2. The van der Waals surface area contributed by atoms with Crippen LogP contribution in [0.25, 0.3) is 4.91 Å². The predicted molar refractivity (Wildman–Crippen MR) is 70.1 cm³/mol. The third-order valence-corrected chi connectivity index (χ3v) is 4.44. The van der Waals surface area contributed by atoms with Crippen molar-refractivity contribution in [3.8, 4) is 0 Å². The first-order chi connectivity index (χ1) is 8.15. The Labute approximate surface area is 108 Å². The molecule has 0 saturated carbocycles. The number of hydrogen-bond donors (Lipinski definition) is 1. The van der Waals surface area contributed by atoms with Crippen molar-refractivity contribution in [2.24, 2.45) is 0 Å². The molecule has 4 heteroatoms. The smallest absolute Gasteiger partial charge is 0.337 e. The molecule has 0 saturated heterocycles. The van der Waals surface area contributed by atoms with Gasteiger partial charge in [-0.05, 0) is 29.7 Å². The van der Waals surface area contributed by atoms with E-state index >= 15 is 0 Å². The van der Waals surface area contributed by atoms with Crippen LogP contribution in [0.15, 0.2) is 41.5 Å². The number of aliphatic carboxylic acids is 1. The molecule has 3 aliphatic rings. The van der Waals surface area contributed by atoms with Crippen LogP contribution in [0, 0.1) is 0 Å². The minimum atomic E-state index is -0.850. The van der Waals surface area contributed by atoms with Crippen LogP contribution in [-0.4, -0.2) is 16.3 Å². The van der Waals surface area contributed by atoms with Gasteiger partial charge in [-0.15, -0.1) is 11.8 Å². The van der Waals surface area contributed by atoms with E-state index in [2.05, 4.69) is 0 Å². The number of thioether (sulfide) groups is 1. The molecule has 0 fully saturated rings. The minimum absolute atomic E-state index is 0.432. The zero-order valence-corrected chi connectivity index (χ0v) is 10.4. The SMILES string of the molecule is O=C(O)C1=C(c2cccc(Cl)c2)SC2C=C1C2. The van der Waals surface area contributed by atoms with Crippen LogP contribution in [0.5, 0.6) is 0 Å². The predicted octanol–water partition coefficient (Wildman–Crippen LogP) is 3.58. The number of halogens is 1. The van der Waals surface area contributed by atoms with Crippen LogP contribution >= 0.6 is 23.4 Å². The zero-order valence-electron chi connectivity index (χ0n) is 8.81. The first-order valence-corrected chi connectivity index (χ1v) is 6.52.